The summed E-state index contributed by atoms with van der Waals surface area (Å²) in [6.07, 6.45) is 4.37. The van der Waals surface area contributed by atoms with Crippen molar-refractivity contribution in [1.82, 2.24) is 9.78 Å². The predicted octanol–water partition coefficient (Wildman–Crippen LogP) is 4.04. The number of aromatic nitrogens is 2. The molecule has 9 heteroatoms. The number of ketones is 1. The van der Waals surface area contributed by atoms with Gasteiger partial charge >= 0.3 is 5.82 Å². The summed E-state index contributed by atoms with van der Waals surface area (Å²) in [6, 6.07) is 6.97. The van der Waals surface area contributed by atoms with Gasteiger partial charge in [0.1, 0.15) is 18.1 Å². The Hall–Kier alpha value is -2.71. The molecule has 0 saturated carbocycles. The molecule has 0 amide bonds. The maximum atomic E-state index is 11.9. The summed E-state index contributed by atoms with van der Waals surface area (Å²) in [7, 11) is 0. The average Bonchev–Trinajstić information content (AvgIpc) is 3.26. The number of nitro groups is 1. The first-order valence-corrected chi connectivity index (χ1v) is 8.00. The van der Waals surface area contributed by atoms with E-state index in [0.29, 0.717) is 16.4 Å². The molecule has 0 aliphatic heterocycles. The largest absolute Gasteiger partial charge is 0.460 e. The highest BCUT2D eigenvalue weighted by Crippen LogP contribution is 2.22. The highest BCUT2D eigenvalue weighted by molar-refractivity contribution is 7.12. The monoisotopic (exact) mass is 363 g/mol. The van der Waals surface area contributed by atoms with E-state index in [4.69, 9.17) is 16.0 Å². The van der Waals surface area contributed by atoms with E-state index in [2.05, 4.69) is 5.10 Å². The van der Waals surface area contributed by atoms with Gasteiger partial charge in [0.25, 0.3) is 0 Å². The molecule has 3 aromatic rings. The fourth-order valence-electron chi connectivity index (χ4n) is 1.98. The van der Waals surface area contributed by atoms with Crippen LogP contribution in [0.2, 0.25) is 5.02 Å². The molecule has 122 valence electrons. The van der Waals surface area contributed by atoms with Crippen molar-refractivity contribution in [3.8, 4) is 0 Å². The lowest BCUT2D eigenvalue weighted by Gasteiger charge is -1.92. The Morgan fingerprint density at radius 3 is 2.96 bits per heavy atom. The second kappa shape index (κ2) is 6.81. The molecule has 0 aromatic carbocycles. The van der Waals surface area contributed by atoms with E-state index in [1.165, 1.54) is 28.3 Å². The van der Waals surface area contributed by atoms with Gasteiger partial charge in [-0.05, 0) is 40.7 Å². The number of furan rings is 1. The van der Waals surface area contributed by atoms with Crippen LogP contribution in [-0.2, 0) is 6.54 Å². The van der Waals surface area contributed by atoms with Gasteiger partial charge in [0.2, 0.25) is 0 Å². The van der Waals surface area contributed by atoms with Gasteiger partial charge in [-0.15, -0.1) is 11.3 Å². The smallest absolute Gasteiger partial charge is 0.408 e. The molecule has 0 N–H and O–H groups in total. The molecular weight excluding hydrogens is 354 g/mol. The zero-order valence-corrected chi connectivity index (χ0v) is 13.7. The van der Waals surface area contributed by atoms with Crippen LogP contribution in [0.15, 0.2) is 46.3 Å². The third-order valence-corrected chi connectivity index (χ3v) is 4.19. The number of hydrogen-bond donors (Lipinski definition) is 0. The summed E-state index contributed by atoms with van der Waals surface area (Å²) < 4.78 is 6.88. The van der Waals surface area contributed by atoms with Crippen molar-refractivity contribution in [3.05, 3.63) is 73.5 Å². The zero-order valence-electron chi connectivity index (χ0n) is 12.1. The lowest BCUT2D eigenvalue weighted by molar-refractivity contribution is -0.389. The Morgan fingerprint density at radius 2 is 2.29 bits per heavy atom. The van der Waals surface area contributed by atoms with Crippen LogP contribution < -0.4 is 0 Å². The number of hydrogen-bond acceptors (Lipinski definition) is 6. The van der Waals surface area contributed by atoms with Gasteiger partial charge in [0.15, 0.2) is 10.8 Å². The predicted molar refractivity (Wildman–Crippen MR) is 89.4 cm³/mol. The molecular formula is C15H10ClN3O4S. The zero-order chi connectivity index (χ0) is 17.1. The minimum atomic E-state index is -0.647. The van der Waals surface area contributed by atoms with E-state index in [1.807, 2.05) is 11.4 Å². The van der Waals surface area contributed by atoms with Crippen molar-refractivity contribution in [2.45, 2.75) is 6.54 Å². The second-order valence-electron chi connectivity index (χ2n) is 4.73. The van der Waals surface area contributed by atoms with Gasteiger partial charge in [0.05, 0.1) is 16.2 Å². The maximum absolute atomic E-state index is 11.9. The SMILES string of the molecule is O=C(/C=C/c1ccc(Cn2cc(Cl)c([N+](=O)[O-])n2)o1)c1cccs1. The van der Waals surface area contributed by atoms with Crippen molar-refractivity contribution >= 4 is 40.6 Å². The maximum Gasteiger partial charge on any atom is 0.408 e. The fourth-order valence-corrected chi connectivity index (χ4v) is 2.84. The van der Waals surface area contributed by atoms with E-state index in [0.717, 1.165) is 0 Å². The van der Waals surface area contributed by atoms with Crippen LogP contribution in [0.5, 0.6) is 0 Å². The fraction of sp³-hybridized carbons (Fsp3) is 0.0667. The number of allylic oxidation sites excluding steroid dienone is 1. The van der Waals surface area contributed by atoms with Crippen molar-refractivity contribution in [3.63, 3.8) is 0 Å². The molecule has 24 heavy (non-hydrogen) atoms. The van der Waals surface area contributed by atoms with Crippen LogP contribution in [0.3, 0.4) is 0 Å². The van der Waals surface area contributed by atoms with Crippen LogP contribution in [0.4, 0.5) is 5.82 Å². The Balaban J connectivity index is 1.68. The molecule has 3 aromatic heterocycles. The standard InChI is InChI=1S/C15H10ClN3O4S/c16-12-9-18(17-15(12)19(21)22)8-11-4-3-10(23-11)5-6-13(20)14-2-1-7-24-14/h1-7,9H,8H2/b6-5+. The quantitative estimate of drug-likeness (QED) is 0.285. The van der Waals surface area contributed by atoms with Crippen LogP contribution in [0.25, 0.3) is 6.08 Å². The molecule has 0 spiro atoms. The summed E-state index contributed by atoms with van der Waals surface area (Å²) in [5.41, 5.74) is 0. The minimum absolute atomic E-state index is 0.0341. The van der Waals surface area contributed by atoms with Crippen molar-refractivity contribution in [2.75, 3.05) is 0 Å². The molecule has 0 aliphatic carbocycles. The highest BCUT2D eigenvalue weighted by Gasteiger charge is 2.19. The van der Waals surface area contributed by atoms with Crippen molar-refractivity contribution < 1.29 is 14.1 Å². The number of halogens is 1. The minimum Gasteiger partial charge on any atom is -0.460 e. The highest BCUT2D eigenvalue weighted by atomic mass is 35.5. The average molecular weight is 364 g/mol. The Bertz CT molecular complexity index is 911. The van der Waals surface area contributed by atoms with E-state index in [9.17, 15) is 14.9 Å². The summed E-state index contributed by atoms with van der Waals surface area (Å²) >= 11 is 7.11. The molecule has 3 heterocycles. The van der Waals surface area contributed by atoms with E-state index < -0.39 is 10.7 Å². The first-order chi connectivity index (χ1) is 11.5. The normalized spacial score (nSPS) is 11.2. The van der Waals surface area contributed by atoms with E-state index >= 15 is 0 Å². The van der Waals surface area contributed by atoms with Crippen LogP contribution in [0, 0.1) is 10.1 Å². The van der Waals surface area contributed by atoms with Crippen molar-refractivity contribution in [2.24, 2.45) is 0 Å². The van der Waals surface area contributed by atoms with Crippen LogP contribution >= 0.6 is 22.9 Å². The van der Waals surface area contributed by atoms with Gasteiger partial charge < -0.3 is 14.5 Å². The van der Waals surface area contributed by atoms with Gasteiger partial charge in [0, 0.05) is 0 Å². The number of thiophene rings is 1. The number of carbonyl (C=O) groups is 1. The topological polar surface area (TPSA) is 91.2 Å². The number of nitrogens with zero attached hydrogens (tertiary/aromatic N) is 3. The molecule has 0 atom stereocenters. The first kappa shape index (κ1) is 16.2. The number of carbonyl (C=O) groups excluding carboxylic acids is 1. The summed E-state index contributed by atoms with van der Waals surface area (Å²) in [5.74, 6) is 0.539. The lowest BCUT2D eigenvalue weighted by atomic mass is 10.3. The third-order valence-electron chi connectivity index (χ3n) is 3.04. The molecule has 0 unspecified atom stereocenters. The summed E-state index contributed by atoms with van der Waals surface area (Å²) in [5, 5.41) is 16.3. The van der Waals surface area contributed by atoms with Gasteiger partial charge in [-0.2, -0.15) is 4.68 Å². The molecule has 7 nitrogen and oxygen atoms in total. The van der Waals surface area contributed by atoms with Crippen molar-refractivity contribution in [1.29, 1.82) is 0 Å². The molecule has 3 rings (SSSR count). The summed E-state index contributed by atoms with van der Waals surface area (Å²) in [4.78, 5) is 22.6. The molecule has 0 aliphatic rings. The van der Waals surface area contributed by atoms with Gasteiger partial charge in [-0.25, -0.2) is 0 Å². The molecule has 0 radical (unpaired) electrons. The van der Waals surface area contributed by atoms with Gasteiger partial charge in [-0.3, -0.25) is 4.79 Å². The first-order valence-electron chi connectivity index (χ1n) is 6.75. The molecule has 0 bridgehead atoms. The Kier molecular flexibility index (Phi) is 4.59. The number of rotatable bonds is 6. The van der Waals surface area contributed by atoms with Crippen LogP contribution in [0.1, 0.15) is 21.2 Å². The summed E-state index contributed by atoms with van der Waals surface area (Å²) in [6.45, 7) is 0.195. The van der Waals surface area contributed by atoms with Crippen LogP contribution in [-0.4, -0.2) is 20.5 Å². The lowest BCUT2D eigenvalue weighted by Crippen LogP contribution is -2.00. The van der Waals surface area contributed by atoms with E-state index in [1.54, 1.807) is 24.3 Å². The van der Waals surface area contributed by atoms with E-state index in [-0.39, 0.29) is 17.4 Å². The third kappa shape index (κ3) is 3.61. The Labute approximate surface area is 144 Å². The molecule has 0 saturated heterocycles. The molecule has 0 fully saturated rings. The van der Waals surface area contributed by atoms with Gasteiger partial charge in [-0.1, -0.05) is 17.7 Å². The Morgan fingerprint density at radius 1 is 1.46 bits per heavy atom. The second-order valence-corrected chi connectivity index (χ2v) is 6.09.